The number of carbonyl (C=O) groups excluding carboxylic acids is 1. The Morgan fingerprint density at radius 1 is 1.00 bits per heavy atom. The van der Waals surface area contributed by atoms with Crippen molar-refractivity contribution >= 4 is 22.9 Å². The Labute approximate surface area is 137 Å². The van der Waals surface area contributed by atoms with Crippen LogP contribution in [0.3, 0.4) is 0 Å². The number of carboxylic acids is 1. The van der Waals surface area contributed by atoms with Crippen LogP contribution in [0.2, 0.25) is 0 Å². The summed E-state index contributed by atoms with van der Waals surface area (Å²) in [7, 11) is 0. The molecule has 0 saturated carbocycles. The van der Waals surface area contributed by atoms with E-state index in [1.165, 1.54) is 18.2 Å². The minimum atomic E-state index is -1.43. The topological polar surface area (TPSA) is 93.8 Å². The van der Waals surface area contributed by atoms with Crippen molar-refractivity contribution in [3.8, 4) is 5.75 Å². The van der Waals surface area contributed by atoms with Gasteiger partial charge in [-0.25, -0.2) is 23.2 Å². The Balaban J connectivity index is 1.92. The Kier molecular flexibility index (Phi) is 4.02. The van der Waals surface area contributed by atoms with Gasteiger partial charge in [0.25, 0.3) is 0 Å². The molecule has 1 aromatic heterocycles. The summed E-state index contributed by atoms with van der Waals surface area (Å²) in [4.78, 5) is 34.4. The molecule has 8 heteroatoms. The molecule has 0 spiro atoms. The number of halogens is 2. The van der Waals surface area contributed by atoms with E-state index in [2.05, 4.69) is 0 Å². The number of carbonyl (C=O) groups is 2. The van der Waals surface area contributed by atoms with Gasteiger partial charge in [0.15, 0.2) is 11.6 Å². The third-order valence-corrected chi connectivity index (χ3v) is 3.30. The molecule has 0 unspecified atom stereocenters. The standard InChI is InChI=1S/C17H8F2O6/c18-12-4-2-9(6-13(12)19)16(22)24-10-3-1-8-5-11(15(20)21)17(23)25-14(8)7-10/h1-7H,(H,20,21). The molecule has 0 amide bonds. The summed E-state index contributed by atoms with van der Waals surface area (Å²) in [6, 6.07) is 7.60. The third-order valence-electron chi connectivity index (χ3n) is 3.30. The lowest BCUT2D eigenvalue weighted by atomic mass is 10.2. The van der Waals surface area contributed by atoms with E-state index in [-0.39, 0.29) is 16.9 Å². The van der Waals surface area contributed by atoms with Crippen molar-refractivity contribution < 1.29 is 32.6 Å². The number of hydrogen-bond acceptors (Lipinski definition) is 5. The summed E-state index contributed by atoms with van der Waals surface area (Å²) >= 11 is 0. The van der Waals surface area contributed by atoms with Crippen molar-refractivity contribution in [2.24, 2.45) is 0 Å². The predicted octanol–water partition coefficient (Wildman–Crippen LogP) is 2.99. The summed E-state index contributed by atoms with van der Waals surface area (Å²) in [5.74, 6) is -4.68. The Morgan fingerprint density at radius 2 is 1.76 bits per heavy atom. The zero-order chi connectivity index (χ0) is 18.1. The fourth-order valence-electron chi connectivity index (χ4n) is 2.09. The van der Waals surface area contributed by atoms with Gasteiger partial charge in [-0.05, 0) is 36.4 Å². The largest absolute Gasteiger partial charge is 0.477 e. The Hall–Kier alpha value is -3.55. The number of hydrogen-bond donors (Lipinski definition) is 1. The average Bonchev–Trinajstić information content (AvgIpc) is 2.56. The number of fused-ring (bicyclic) bond motifs is 1. The van der Waals surface area contributed by atoms with Gasteiger partial charge in [0.05, 0.1) is 5.56 Å². The molecule has 0 saturated heterocycles. The second-order valence-corrected chi connectivity index (χ2v) is 4.97. The molecule has 3 rings (SSSR count). The monoisotopic (exact) mass is 346 g/mol. The average molecular weight is 346 g/mol. The van der Waals surface area contributed by atoms with Crippen molar-refractivity contribution in [2.45, 2.75) is 0 Å². The Morgan fingerprint density at radius 3 is 2.44 bits per heavy atom. The first-order valence-electron chi connectivity index (χ1n) is 6.83. The summed E-state index contributed by atoms with van der Waals surface area (Å²) in [5.41, 5.74) is -1.78. The molecule has 1 N–H and O–H groups in total. The van der Waals surface area contributed by atoms with Gasteiger partial charge in [-0.1, -0.05) is 0 Å². The minimum Gasteiger partial charge on any atom is -0.477 e. The lowest BCUT2D eigenvalue weighted by molar-refractivity contribution is 0.0690. The van der Waals surface area contributed by atoms with Gasteiger partial charge >= 0.3 is 17.6 Å². The van der Waals surface area contributed by atoms with Gasteiger partial charge in [0.1, 0.15) is 16.9 Å². The molecule has 0 fully saturated rings. The van der Waals surface area contributed by atoms with Crippen LogP contribution >= 0.6 is 0 Å². The highest BCUT2D eigenvalue weighted by atomic mass is 19.2. The lowest BCUT2D eigenvalue weighted by Crippen LogP contribution is -2.13. The van der Waals surface area contributed by atoms with Gasteiger partial charge in [-0.2, -0.15) is 0 Å². The molecule has 0 bridgehead atoms. The summed E-state index contributed by atoms with van der Waals surface area (Å²) in [5, 5.41) is 9.19. The van der Waals surface area contributed by atoms with Gasteiger partial charge in [-0.3, -0.25) is 0 Å². The molecule has 0 atom stereocenters. The fraction of sp³-hybridized carbons (Fsp3) is 0. The van der Waals surface area contributed by atoms with Crippen molar-refractivity contribution in [1.29, 1.82) is 0 Å². The maximum Gasteiger partial charge on any atom is 0.351 e. The van der Waals surface area contributed by atoms with E-state index in [0.717, 1.165) is 18.2 Å². The smallest absolute Gasteiger partial charge is 0.351 e. The molecule has 126 valence electrons. The quantitative estimate of drug-likeness (QED) is 0.445. The molecule has 0 radical (unpaired) electrons. The van der Waals surface area contributed by atoms with Crippen LogP contribution in [0.1, 0.15) is 20.7 Å². The zero-order valence-corrected chi connectivity index (χ0v) is 12.3. The zero-order valence-electron chi connectivity index (χ0n) is 12.3. The van der Waals surface area contributed by atoms with Crippen molar-refractivity contribution in [1.82, 2.24) is 0 Å². The van der Waals surface area contributed by atoms with E-state index in [1.54, 1.807) is 0 Å². The first kappa shape index (κ1) is 16.3. The van der Waals surface area contributed by atoms with Crippen LogP contribution in [-0.4, -0.2) is 17.0 Å². The van der Waals surface area contributed by atoms with Crippen LogP contribution in [0.4, 0.5) is 8.78 Å². The lowest BCUT2D eigenvalue weighted by Gasteiger charge is -2.06. The number of ether oxygens (including phenoxy) is 1. The second kappa shape index (κ2) is 6.16. The molecule has 0 aliphatic rings. The van der Waals surface area contributed by atoms with Crippen LogP contribution in [0.5, 0.6) is 5.75 Å². The van der Waals surface area contributed by atoms with Crippen LogP contribution in [0, 0.1) is 11.6 Å². The first-order valence-corrected chi connectivity index (χ1v) is 6.83. The van der Waals surface area contributed by atoms with E-state index in [0.29, 0.717) is 11.5 Å². The second-order valence-electron chi connectivity index (χ2n) is 4.97. The molecule has 6 nitrogen and oxygen atoms in total. The van der Waals surface area contributed by atoms with Crippen LogP contribution in [0.15, 0.2) is 51.7 Å². The summed E-state index contributed by atoms with van der Waals surface area (Å²) in [6.07, 6.45) is 0. The van der Waals surface area contributed by atoms with E-state index in [1.807, 2.05) is 0 Å². The highest BCUT2D eigenvalue weighted by Gasteiger charge is 2.15. The van der Waals surface area contributed by atoms with Crippen molar-refractivity contribution in [3.63, 3.8) is 0 Å². The van der Waals surface area contributed by atoms with Crippen LogP contribution in [-0.2, 0) is 0 Å². The van der Waals surface area contributed by atoms with Gasteiger partial charge in [-0.15, -0.1) is 0 Å². The SMILES string of the molecule is O=C(Oc1ccc2cc(C(=O)O)c(=O)oc2c1)c1ccc(F)c(F)c1. The molecular weight excluding hydrogens is 338 g/mol. The number of carboxylic acid groups (broad SMARTS) is 1. The van der Waals surface area contributed by atoms with Gasteiger partial charge < -0.3 is 14.3 Å². The fourth-order valence-corrected chi connectivity index (χ4v) is 2.09. The molecule has 3 aromatic rings. The molecule has 2 aromatic carbocycles. The normalized spacial score (nSPS) is 10.6. The third kappa shape index (κ3) is 3.23. The minimum absolute atomic E-state index is 0.00517. The first-order chi connectivity index (χ1) is 11.8. The number of benzene rings is 2. The van der Waals surface area contributed by atoms with Crippen LogP contribution in [0.25, 0.3) is 11.0 Å². The maximum absolute atomic E-state index is 13.2. The van der Waals surface area contributed by atoms with Gasteiger partial charge in [0.2, 0.25) is 0 Å². The molecule has 0 aliphatic carbocycles. The van der Waals surface area contributed by atoms with Crippen LogP contribution < -0.4 is 10.4 Å². The number of aromatic carboxylic acids is 1. The molecular formula is C17H8F2O6. The summed E-state index contributed by atoms with van der Waals surface area (Å²) < 4.78 is 35.9. The van der Waals surface area contributed by atoms with E-state index in [4.69, 9.17) is 14.3 Å². The van der Waals surface area contributed by atoms with E-state index >= 15 is 0 Å². The number of rotatable bonds is 3. The van der Waals surface area contributed by atoms with Crippen molar-refractivity contribution in [2.75, 3.05) is 0 Å². The molecule has 1 heterocycles. The molecule has 25 heavy (non-hydrogen) atoms. The molecule has 0 aliphatic heterocycles. The van der Waals surface area contributed by atoms with Crippen molar-refractivity contribution in [3.05, 3.63) is 75.6 Å². The highest BCUT2D eigenvalue weighted by Crippen LogP contribution is 2.22. The predicted molar refractivity (Wildman–Crippen MR) is 80.8 cm³/mol. The Bertz CT molecular complexity index is 1070. The number of esters is 1. The van der Waals surface area contributed by atoms with E-state index in [9.17, 15) is 23.2 Å². The van der Waals surface area contributed by atoms with E-state index < -0.39 is 34.8 Å². The maximum atomic E-state index is 13.2. The summed E-state index contributed by atoms with van der Waals surface area (Å²) in [6.45, 7) is 0. The highest BCUT2D eigenvalue weighted by molar-refractivity contribution is 5.93. The van der Waals surface area contributed by atoms with Gasteiger partial charge in [0, 0.05) is 11.5 Å².